The van der Waals surface area contributed by atoms with E-state index < -0.39 is 0 Å². The summed E-state index contributed by atoms with van der Waals surface area (Å²) in [4.78, 5) is 7.78. The first-order chi connectivity index (χ1) is 11.2. The zero-order valence-electron chi connectivity index (χ0n) is 14.3. The predicted octanol–water partition coefficient (Wildman–Crippen LogP) is 3.58. The van der Waals surface area contributed by atoms with Crippen LogP contribution in [0.25, 0.3) is 0 Å². The molecule has 138 valence electrons. The van der Waals surface area contributed by atoms with Gasteiger partial charge in [0.25, 0.3) is 0 Å². The van der Waals surface area contributed by atoms with Gasteiger partial charge in [-0.25, -0.2) is 0 Å². The van der Waals surface area contributed by atoms with Crippen LogP contribution in [0.1, 0.15) is 17.7 Å². The van der Waals surface area contributed by atoms with Crippen LogP contribution in [0.2, 0.25) is 0 Å². The molecule has 0 bridgehead atoms. The molecule has 8 heteroatoms. The second-order valence-corrected chi connectivity index (χ2v) is 8.24. The van der Waals surface area contributed by atoms with E-state index in [1.165, 1.54) is 4.88 Å². The minimum atomic E-state index is 0. The van der Waals surface area contributed by atoms with Crippen molar-refractivity contribution in [3.63, 3.8) is 0 Å². The van der Waals surface area contributed by atoms with E-state index in [1.807, 2.05) is 7.05 Å². The van der Waals surface area contributed by atoms with Crippen LogP contribution in [0.15, 0.2) is 20.9 Å². The van der Waals surface area contributed by atoms with Crippen LogP contribution >= 0.6 is 51.2 Å². The number of nitrogens with zero attached hydrogens (tertiary/aromatic N) is 2. The maximum absolute atomic E-state index is 5.71. The first-order valence-electron chi connectivity index (χ1n) is 8.00. The van der Waals surface area contributed by atoms with Crippen LogP contribution in [0, 0.1) is 5.92 Å². The van der Waals surface area contributed by atoms with Crippen LogP contribution in [0.5, 0.6) is 0 Å². The normalized spacial score (nSPS) is 17.6. The molecule has 0 saturated carbocycles. The Hall–Kier alpha value is 0.1000. The first kappa shape index (κ1) is 22.1. The Morgan fingerprint density at radius 2 is 2.38 bits per heavy atom. The number of thiophene rings is 1. The van der Waals surface area contributed by atoms with Gasteiger partial charge >= 0.3 is 0 Å². The summed E-state index contributed by atoms with van der Waals surface area (Å²) in [5.41, 5.74) is 0. The highest BCUT2D eigenvalue weighted by molar-refractivity contribution is 14.0. The Labute approximate surface area is 174 Å². The van der Waals surface area contributed by atoms with Crippen molar-refractivity contribution in [2.24, 2.45) is 10.9 Å². The number of nitrogens with one attached hydrogen (secondary N) is 1. The molecule has 0 amide bonds. The molecule has 2 heterocycles. The van der Waals surface area contributed by atoms with Crippen molar-refractivity contribution in [3.05, 3.63) is 20.8 Å². The second-order valence-electron chi connectivity index (χ2n) is 5.69. The highest BCUT2D eigenvalue weighted by Gasteiger charge is 2.15. The quantitative estimate of drug-likeness (QED) is 0.241. The molecule has 1 saturated heterocycles. The van der Waals surface area contributed by atoms with Crippen molar-refractivity contribution >= 4 is 57.2 Å². The summed E-state index contributed by atoms with van der Waals surface area (Å²) in [5.74, 6) is 1.51. The third-order valence-electron chi connectivity index (χ3n) is 3.72. The molecule has 1 unspecified atom stereocenters. The lowest BCUT2D eigenvalue weighted by Gasteiger charge is -2.21. The number of halogens is 2. The average Bonchev–Trinajstić information content (AvgIpc) is 3.18. The van der Waals surface area contributed by atoms with E-state index in [-0.39, 0.29) is 24.0 Å². The van der Waals surface area contributed by atoms with Gasteiger partial charge in [0, 0.05) is 44.6 Å². The maximum atomic E-state index is 5.71. The van der Waals surface area contributed by atoms with E-state index in [1.54, 1.807) is 11.3 Å². The molecule has 5 nitrogen and oxygen atoms in total. The molecule has 0 spiro atoms. The highest BCUT2D eigenvalue weighted by atomic mass is 127. The van der Waals surface area contributed by atoms with Crippen LogP contribution in [0.4, 0.5) is 0 Å². The Morgan fingerprint density at radius 3 is 3.00 bits per heavy atom. The van der Waals surface area contributed by atoms with Gasteiger partial charge < -0.3 is 19.7 Å². The zero-order chi connectivity index (χ0) is 16.5. The monoisotopic (exact) mass is 531 g/mol. The average molecular weight is 532 g/mol. The molecule has 2 rings (SSSR count). The Kier molecular flexibility index (Phi) is 11.5. The number of rotatable bonds is 8. The van der Waals surface area contributed by atoms with Crippen LogP contribution in [-0.2, 0) is 16.0 Å². The summed E-state index contributed by atoms with van der Waals surface area (Å²) in [6.45, 7) is 5.07. The molecule has 1 aromatic rings. The molecule has 1 aliphatic heterocycles. The van der Waals surface area contributed by atoms with Gasteiger partial charge in [-0.05, 0) is 40.9 Å². The lowest BCUT2D eigenvalue weighted by molar-refractivity contribution is 0.0887. The zero-order valence-corrected chi connectivity index (χ0v) is 19.0. The Balaban J connectivity index is 0.00000288. The molecular weight excluding hydrogens is 505 g/mol. The van der Waals surface area contributed by atoms with Crippen molar-refractivity contribution in [2.75, 3.05) is 47.1 Å². The van der Waals surface area contributed by atoms with Gasteiger partial charge in [-0.15, -0.1) is 35.3 Å². The van der Waals surface area contributed by atoms with Gasteiger partial charge in [-0.2, -0.15) is 0 Å². The summed E-state index contributed by atoms with van der Waals surface area (Å²) >= 11 is 5.25. The smallest absolute Gasteiger partial charge is 0.193 e. The van der Waals surface area contributed by atoms with E-state index >= 15 is 0 Å². The number of hydrogen-bond donors (Lipinski definition) is 1. The third-order valence-corrected chi connectivity index (χ3v) is 5.33. The van der Waals surface area contributed by atoms with Crippen molar-refractivity contribution in [1.82, 2.24) is 10.2 Å². The van der Waals surface area contributed by atoms with Crippen molar-refractivity contribution < 1.29 is 9.47 Å². The molecule has 1 aliphatic rings. The van der Waals surface area contributed by atoms with E-state index in [2.05, 4.69) is 50.3 Å². The van der Waals surface area contributed by atoms with Gasteiger partial charge in [0.05, 0.1) is 23.5 Å². The first-order valence-corrected chi connectivity index (χ1v) is 9.61. The van der Waals surface area contributed by atoms with E-state index in [0.29, 0.717) is 5.92 Å². The van der Waals surface area contributed by atoms with Crippen LogP contribution in [0.3, 0.4) is 0 Å². The molecule has 1 atom stereocenters. The largest absolute Gasteiger partial charge is 0.381 e. The number of ether oxygens (including phenoxy) is 2. The van der Waals surface area contributed by atoms with Gasteiger partial charge in [-0.3, -0.25) is 4.99 Å². The molecular formula is C16H27BrIN3O2S. The molecule has 1 N–H and O–H groups in total. The fourth-order valence-corrected chi connectivity index (χ4v) is 4.01. The van der Waals surface area contributed by atoms with Crippen LogP contribution < -0.4 is 5.32 Å². The molecule has 1 aromatic heterocycles. The maximum Gasteiger partial charge on any atom is 0.193 e. The minimum absolute atomic E-state index is 0. The molecule has 0 radical (unpaired) electrons. The fourth-order valence-electron chi connectivity index (χ4n) is 2.47. The Morgan fingerprint density at radius 1 is 1.54 bits per heavy atom. The van der Waals surface area contributed by atoms with Gasteiger partial charge in [0.15, 0.2) is 5.96 Å². The van der Waals surface area contributed by atoms with Crippen molar-refractivity contribution in [2.45, 2.75) is 19.4 Å². The summed E-state index contributed by atoms with van der Waals surface area (Å²) in [6, 6.07) is 4.22. The van der Waals surface area contributed by atoms with Gasteiger partial charge in [0.2, 0.25) is 0 Å². The summed E-state index contributed by atoms with van der Waals surface area (Å²) in [6.07, 6.45) is 2.11. The molecule has 24 heavy (non-hydrogen) atoms. The van der Waals surface area contributed by atoms with Crippen molar-refractivity contribution in [1.29, 1.82) is 0 Å². The third kappa shape index (κ3) is 7.99. The minimum Gasteiger partial charge on any atom is -0.381 e. The SMILES string of the molecule is CN=C(NCCCOCC1CCOC1)N(C)Cc1ccc(Br)s1.I. The molecule has 0 aromatic carbocycles. The second kappa shape index (κ2) is 12.5. The predicted molar refractivity (Wildman–Crippen MR) is 115 cm³/mol. The number of aliphatic imine (C=N–C) groups is 1. The van der Waals surface area contributed by atoms with Gasteiger partial charge in [0.1, 0.15) is 0 Å². The standard InChI is InChI=1S/C16H26BrN3O2S.HI/c1-18-16(20(2)10-14-4-5-15(17)23-14)19-7-3-8-21-11-13-6-9-22-12-13;/h4-5,13H,3,6-12H2,1-2H3,(H,18,19);1H. The van der Waals surface area contributed by atoms with Crippen LogP contribution in [-0.4, -0.2) is 57.9 Å². The summed E-state index contributed by atoms with van der Waals surface area (Å²) in [7, 11) is 3.87. The topological polar surface area (TPSA) is 46.1 Å². The summed E-state index contributed by atoms with van der Waals surface area (Å²) in [5, 5.41) is 3.39. The number of hydrogen-bond acceptors (Lipinski definition) is 4. The van der Waals surface area contributed by atoms with Gasteiger partial charge in [-0.1, -0.05) is 0 Å². The molecule has 1 fully saturated rings. The number of guanidine groups is 1. The lowest BCUT2D eigenvalue weighted by atomic mass is 10.1. The van der Waals surface area contributed by atoms with E-state index in [0.717, 1.165) is 62.1 Å². The highest BCUT2D eigenvalue weighted by Crippen LogP contribution is 2.22. The summed E-state index contributed by atoms with van der Waals surface area (Å²) < 4.78 is 12.2. The van der Waals surface area contributed by atoms with Crippen molar-refractivity contribution in [3.8, 4) is 0 Å². The van der Waals surface area contributed by atoms with E-state index in [9.17, 15) is 0 Å². The molecule has 0 aliphatic carbocycles. The Bertz CT molecular complexity index is 495. The van der Waals surface area contributed by atoms with E-state index in [4.69, 9.17) is 9.47 Å². The lowest BCUT2D eigenvalue weighted by Crippen LogP contribution is -2.39. The fraction of sp³-hybridized carbons (Fsp3) is 0.688.